The van der Waals surface area contributed by atoms with E-state index in [1.165, 1.54) is 6.07 Å². The number of anilines is 1. The van der Waals surface area contributed by atoms with Gasteiger partial charge in [-0.2, -0.15) is 0 Å². The van der Waals surface area contributed by atoms with Crippen molar-refractivity contribution >= 4 is 11.7 Å². The van der Waals surface area contributed by atoms with E-state index in [-0.39, 0.29) is 11.7 Å². The molecule has 0 saturated heterocycles. The second-order valence-electron chi connectivity index (χ2n) is 3.67. The van der Waals surface area contributed by atoms with Crippen molar-refractivity contribution in [2.45, 2.75) is 26.7 Å². The maximum Gasteiger partial charge on any atom is 0.319 e. The molecule has 0 radical (unpaired) electrons. The molecule has 0 bridgehead atoms. The zero-order valence-corrected chi connectivity index (χ0v) is 9.64. The van der Waals surface area contributed by atoms with Crippen molar-refractivity contribution < 1.29 is 9.18 Å². The number of amides is 2. The van der Waals surface area contributed by atoms with E-state index in [1.54, 1.807) is 19.1 Å². The monoisotopic (exact) mass is 224 g/mol. The van der Waals surface area contributed by atoms with Crippen molar-refractivity contribution in [2.24, 2.45) is 0 Å². The number of halogens is 1. The maximum atomic E-state index is 13.4. The van der Waals surface area contributed by atoms with E-state index in [4.69, 9.17) is 0 Å². The Balaban J connectivity index is 2.56. The average Bonchev–Trinajstić information content (AvgIpc) is 2.24. The van der Waals surface area contributed by atoms with E-state index >= 15 is 0 Å². The Morgan fingerprint density at radius 2 is 2.19 bits per heavy atom. The van der Waals surface area contributed by atoms with E-state index in [1.807, 2.05) is 6.92 Å². The van der Waals surface area contributed by atoms with E-state index in [9.17, 15) is 9.18 Å². The van der Waals surface area contributed by atoms with Gasteiger partial charge < -0.3 is 10.6 Å². The first-order valence-electron chi connectivity index (χ1n) is 5.45. The fraction of sp³-hybridized carbons (Fsp3) is 0.417. The number of para-hydroxylation sites is 1. The molecule has 2 amide bonds. The van der Waals surface area contributed by atoms with Gasteiger partial charge in [0.25, 0.3) is 0 Å². The number of hydrogen-bond acceptors (Lipinski definition) is 1. The van der Waals surface area contributed by atoms with Gasteiger partial charge in [-0.3, -0.25) is 0 Å². The first-order valence-corrected chi connectivity index (χ1v) is 5.45. The molecule has 0 fully saturated rings. The summed E-state index contributed by atoms with van der Waals surface area (Å²) in [6.45, 7) is 4.40. The summed E-state index contributed by atoms with van der Waals surface area (Å²) in [7, 11) is 0. The van der Waals surface area contributed by atoms with Crippen LogP contribution >= 0.6 is 0 Å². The second-order valence-corrected chi connectivity index (χ2v) is 3.67. The molecular weight excluding hydrogens is 207 g/mol. The van der Waals surface area contributed by atoms with Crippen LogP contribution in [0.2, 0.25) is 0 Å². The Kier molecular flexibility index (Phi) is 4.76. The van der Waals surface area contributed by atoms with Crippen LogP contribution in [0.4, 0.5) is 14.9 Å². The number of urea groups is 1. The van der Waals surface area contributed by atoms with Crippen molar-refractivity contribution in [3.05, 3.63) is 29.6 Å². The molecule has 1 aromatic carbocycles. The normalized spacial score (nSPS) is 9.94. The van der Waals surface area contributed by atoms with Gasteiger partial charge in [0, 0.05) is 6.54 Å². The van der Waals surface area contributed by atoms with Crippen LogP contribution in [-0.4, -0.2) is 12.6 Å². The first-order chi connectivity index (χ1) is 7.65. The average molecular weight is 224 g/mol. The van der Waals surface area contributed by atoms with E-state index < -0.39 is 5.82 Å². The lowest BCUT2D eigenvalue weighted by molar-refractivity contribution is 0.252. The third-order valence-corrected chi connectivity index (χ3v) is 2.28. The fourth-order valence-electron chi connectivity index (χ4n) is 1.33. The SMILES string of the molecule is CCCCNC(=O)Nc1c(C)cccc1F. The lowest BCUT2D eigenvalue weighted by Crippen LogP contribution is -2.30. The van der Waals surface area contributed by atoms with Crippen molar-refractivity contribution in [3.63, 3.8) is 0 Å². The van der Waals surface area contributed by atoms with Crippen LogP contribution in [0, 0.1) is 12.7 Å². The number of aryl methyl sites for hydroxylation is 1. The second kappa shape index (κ2) is 6.10. The van der Waals surface area contributed by atoms with Crippen LogP contribution in [0.5, 0.6) is 0 Å². The standard InChI is InChI=1S/C12H17FN2O/c1-3-4-8-14-12(16)15-11-9(2)6-5-7-10(11)13/h5-7H,3-4,8H2,1-2H3,(H2,14,15,16). The molecule has 0 aliphatic heterocycles. The highest BCUT2D eigenvalue weighted by Crippen LogP contribution is 2.18. The van der Waals surface area contributed by atoms with Crippen LogP contribution in [0.15, 0.2) is 18.2 Å². The van der Waals surface area contributed by atoms with Crippen LogP contribution < -0.4 is 10.6 Å². The van der Waals surface area contributed by atoms with Crippen LogP contribution in [0.1, 0.15) is 25.3 Å². The van der Waals surface area contributed by atoms with Crippen molar-refractivity contribution in [2.75, 3.05) is 11.9 Å². The Morgan fingerprint density at radius 1 is 1.44 bits per heavy atom. The van der Waals surface area contributed by atoms with Crippen LogP contribution in [0.25, 0.3) is 0 Å². The predicted molar refractivity (Wildman–Crippen MR) is 63.1 cm³/mol. The molecule has 0 heterocycles. The quantitative estimate of drug-likeness (QED) is 0.758. The summed E-state index contributed by atoms with van der Waals surface area (Å²) < 4.78 is 13.4. The minimum atomic E-state index is -0.411. The van der Waals surface area contributed by atoms with E-state index in [0.29, 0.717) is 12.1 Å². The molecule has 2 N–H and O–H groups in total. The van der Waals surface area contributed by atoms with Gasteiger partial charge in [0.2, 0.25) is 0 Å². The third kappa shape index (κ3) is 3.53. The van der Waals surface area contributed by atoms with Gasteiger partial charge >= 0.3 is 6.03 Å². The molecule has 16 heavy (non-hydrogen) atoms. The molecule has 0 aliphatic carbocycles. The Bertz CT molecular complexity index is 346. The summed E-state index contributed by atoms with van der Waals surface area (Å²) >= 11 is 0. The third-order valence-electron chi connectivity index (χ3n) is 2.28. The van der Waals surface area contributed by atoms with Gasteiger partial charge in [-0.25, -0.2) is 9.18 Å². The van der Waals surface area contributed by atoms with Gasteiger partial charge in [-0.15, -0.1) is 0 Å². The molecule has 1 rings (SSSR count). The molecule has 0 unspecified atom stereocenters. The summed E-state index contributed by atoms with van der Waals surface area (Å²) in [5, 5.41) is 5.18. The summed E-state index contributed by atoms with van der Waals surface area (Å²) in [4.78, 5) is 11.4. The lowest BCUT2D eigenvalue weighted by Gasteiger charge is -2.10. The van der Waals surface area contributed by atoms with E-state index in [2.05, 4.69) is 10.6 Å². The molecule has 0 aromatic heterocycles. The topological polar surface area (TPSA) is 41.1 Å². The number of unbranched alkanes of at least 4 members (excludes halogenated alkanes) is 1. The number of nitrogens with one attached hydrogen (secondary N) is 2. The Labute approximate surface area is 95.0 Å². The highest BCUT2D eigenvalue weighted by Gasteiger charge is 2.08. The summed E-state index contributed by atoms with van der Waals surface area (Å²) in [6, 6.07) is 4.34. The smallest absolute Gasteiger partial charge is 0.319 e. The molecule has 3 nitrogen and oxygen atoms in total. The van der Waals surface area contributed by atoms with Crippen molar-refractivity contribution in [3.8, 4) is 0 Å². The van der Waals surface area contributed by atoms with Crippen LogP contribution in [-0.2, 0) is 0 Å². The summed E-state index contributed by atoms with van der Waals surface area (Å²) in [5.41, 5.74) is 0.960. The minimum Gasteiger partial charge on any atom is -0.338 e. The molecule has 1 aromatic rings. The van der Waals surface area contributed by atoms with Gasteiger partial charge in [0.1, 0.15) is 5.82 Å². The molecule has 0 atom stereocenters. The molecule has 88 valence electrons. The summed E-state index contributed by atoms with van der Waals surface area (Å²) in [6.07, 6.45) is 1.93. The number of hydrogen-bond donors (Lipinski definition) is 2. The number of carbonyl (C=O) groups is 1. The highest BCUT2D eigenvalue weighted by molar-refractivity contribution is 5.90. The number of rotatable bonds is 4. The predicted octanol–water partition coefficient (Wildman–Crippen LogP) is 3.06. The number of carbonyl (C=O) groups excluding carboxylic acids is 1. The molecular formula is C12H17FN2O. The minimum absolute atomic E-state index is 0.247. The Morgan fingerprint density at radius 3 is 2.81 bits per heavy atom. The molecule has 0 saturated carbocycles. The lowest BCUT2D eigenvalue weighted by atomic mass is 10.2. The van der Waals surface area contributed by atoms with Gasteiger partial charge in [0.05, 0.1) is 5.69 Å². The van der Waals surface area contributed by atoms with Crippen molar-refractivity contribution in [1.82, 2.24) is 5.32 Å². The fourth-order valence-corrected chi connectivity index (χ4v) is 1.33. The number of benzene rings is 1. The molecule has 4 heteroatoms. The highest BCUT2D eigenvalue weighted by atomic mass is 19.1. The van der Waals surface area contributed by atoms with Gasteiger partial charge in [-0.1, -0.05) is 25.5 Å². The zero-order valence-electron chi connectivity index (χ0n) is 9.64. The molecule has 0 spiro atoms. The van der Waals surface area contributed by atoms with Gasteiger partial charge in [-0.05, 0) is 25.0 Å². The van der Waals surface area contributed by atoms with E-state index in [0.717, 1.165) is 12.8 Å². The van der Waals surface area contributed by atoms with Crippen LogP contribution in [0.3, 0.4) is 0 Å². The molecule has 0 aliphatic rings. The first kappa shape index (κ1) is 12.5. The zero-order chi connectivity index (χ0) is 12.0. The summed E-state index contributed by atoms with van der Waals surface area (Å²) in [5.74, 6) is -0.411. The largest absolute Gasteiger partial charge is 0.338 e. The van der Waals surface area contributed by atoms with Crippen molar-refractivity contribution in [1.29, 1.82) is 0 Å². The maximum absolute atomic E-state index is 13.4. The van der Waals surface area contributed by atoms with Gasteiger partial charge in [0.15, 0.2) is 0 Å². The Hall–Kier alpha value is -1.58.